The molecule has 0 aliphatic carbocycles. The summed E-state index contributed by atoms with van der Waals surface area (Å²) < 4.78 is 5.42. The minimum Gasteiger partial charge on any atom is -0.463 e. The molecule has 0 bridgehead atoms. The standard InChI is InChI=1S/C12H18O2Si/c1-10(15(2,3)4)14-12(13)11-8-6-5-7-9-11/h5-10H,1-4H3. The highest BCUT2D eigenvalue weighted by molar-refractivity contribution is 6.77. The molecule has 0 radical (unpaired) electrons. The number of esters is 1. The number of benzene rings is 1. The fourth-order valence-corrected chi connectivity index (χ4v) is 1.44. The molecule has 2 nitrogen and oxygen atoms in total. The van der Waals surface area contributed by atoms with Crippen LogP contribution in [0, 0.1) is 0 Å². The molecule has 0 spiro atoms. The first-order valence-electron chi connectivity index (χ1n) is 5.17. The first-order chi connectivity index (χ1) is 6.91. The number of carbonyl (C=O) groups excluding carboxylic acids is 1. The van der Waals surface area contributed by atoms with Crippen molar-refractivity contribution in [3.8, 4) is 0 Å². The summed E-state index contributed by atoms with van der Waals surface area (Å²) in [4.78, 5) is 11.7. The molecule has 0 saturated heterocycles. The molecule has 1 rings (SSSR count). The molecule has 15 heavy (non-hydrogen) atoms. The summed E-state index contributed by atoms with van der Waals surface area (Å²) in [6, 6.07) is 9.13. The monoisotopic (exact) mass is 222 g/mol. The number of hydrogen-bond donors (Lipinski definition) is 0. The van der Waals surface area contributed by atoms with Crippen LogP contribution >= 0.6 is 0 Å². The van der Waals surface area contributed by atoms with Crippen molar-refractivity contribution in [3.63, 3.8) is 0 Å². The van der Waals surface area contributed by atoms with Gasteiger partial charge in [0.25, 0.3) is 0 Å². The van der Waals surface area contributed by atoms with Gasteiger partial charge in [-0.3, -0.25) is 0 Å². The molecule has 3 heteroatoms. The van der Waals surface area contributed by atoms with Crippen LogP contribution in [-0.2, 0) is 4.74 Å². The van der Waals surface area contributed by atoms with Crippen LogP contribution in [0.1, 0.15) is 17.3 Å². The second-order valence-corrected chi connectivity index (χ2v) is 10.3. The van der Waals surface area contributed by atoms with Crippen molar-refractivity contribution >= 4 is 14.0 Å². The third-order valence-electron chi connectivity index (χ3n) is 2.51. The summed E-state index contributed by atoms with van der Waals surface area (Å²) in [6.45, 7) is 8.55. The van der Waals surface area contributed by atoms with Crippen LogP contribution in [-0.4, -0.2) is 19.8 Å². The maximum Gasteiger partial charge on any atom is 0.338 e. The molecule has 0 amide bonds. The lowest BCUT2D eigenvalue weighted by atomic mass is 10.2. The van der Waals surface area contributed by atoms with E-state index in [1.807, 2.05) is 25.1 Å². The van der Waals surface area contributed by atoms with Crippen molar-refractivity contribution in [2.45, 2.75) is 32.3 Å². The summed E-state index contributed by atoms with van der Waals surface area (Å²) in [7, 11) is -1.40. The predicted octanol–water partition coefficient (Wildman–Crippen LogP) is 3.11. The van der Waals surface area contributed by atoms with Gasteiger partial charge < -0.3 is 4.74 Å². The predicted molar refractivity (Wildman–Crippen MR) is 64.7 cm³/mol. The zero-order valence-corrected chi connectivity index (χ0v) is 10.8. The van der Waals surface area contributed by atoms with Crippen LogP contribution in [0.5, 0.6) is 0 Å². The van der Waals surface area contributed by atoms with Crippen LogP contribution in [0.15, 0.2) is 30.3 Å². The van der Waals surface area contributed by atoms with E-state index in [9.17, 15) is 4.79 Å². The van der Waals surface area contributed by atoms with E-state index in [0.717, 1.165) is 0 Å². The van der Waals surface area contributed by atoms with Gasteiger partial charge in [0.2, 0.25) is 0 Å². The second kappa shape index (κ2) is 4.62. The first-order valence-corrected chi connectivity index (χ1v) is 8.75. The van der Waals surface area contributed by atoms with E-state index in [1.54, 1.807) is 12.1 Å². The van der Waals surface area contributed by atoms with Crippen LogP contribution < -0.4 is 0 Å². The molecule has 0 aliphatic rings. The Kier molecular flexibility index (Phi) is 3.69. The van der Waals surface area contributed by atoms with E-state index in [1.165, 1.54) is 0 Å². The van der Waals surface area contributed by atoms with E-state index >= 15 is 0 Å². The Hall–Kier alpha value is -1.09. The van der Waals surface area contributed by atoms with E-state index in [-0.39, 0.29) is 11.7 Å². The highest BCUT2D eigenvalue weighted by Crippen LogP contribution is 2.13. The molecule has 0 saturated carbocycles. The Bertz CT molecular complexity index is 327. The Morgan fingerprint density at radius 3 is 2.20 bits per heavy atom. The fourth-order valence-electron chi connectivity index (χ4n) is 0.980. The lowest BCUT2D eigenvalue weighted by Crippen LogP contribution is -2.39. The molecule has 0 heterocycles. The van der Waals surface area contributed by atoms with E-state index in [4.69, 9.17) is 4.74 Å². The third kappa shape index (κ3) is 3.51. The Morgan fingerprint density at radius 2 is 1.73 bits per heavy atom. The van der Waals surface area contributed by atoms with Gasteiger partial charge in [-0.15, -0.1) is 0 Å². The van der Waals surface area contributed by atoms with Crippen molar-refractivity contribution in [2.24, 2.45) is 0 Å². The number of rotatable bonds is 3. The van der Waals surface area contributed by atoms with Crippen molar-refractivity contribution in [1.29, 1.82) is 0 Å². The summed E-state index contributed by atoms with van der Waals surface area (Å²) in [5.74, 6) is -0.217. The van der Waals surface area contributed by atoms with E-state index < -0.39 is 8.07 Å². The zero-order chi connectivity index (χ0) is 11.5. The molecule has 0 fully saturated rings. The number of hydrogen-bond acceptors (Lipinski definition) is 2. The molecule has 0 N–H and O–H groups in total. The van der Waals surface area contributed by atoms with Crippen LogP contribution in [0.3, 0.4) is 0 Å². The summed E-state index contributed by atoms with van der Waals surface area (Å²) in [5, 5.41) is 0. The summed E-state index contributed by atoms with van der Waals surface area (Å²) >= 11 is 0. The molecule has 1 atom stereocenters. The minimum atomic E-state index is -1.40. The Morgan fingerprint density at radius 1 is 1.20 bits per heavy atom. The van der Waals surface area contributed by atoms with Gasteiger partial charge in [-0.2, -0.15) is 0 Å². The molecule has 0 aliphatic heterocycles. The largest absolute Gasteiger partial charge is 0.463 e. The smallest absolute Gasteiger partial charge is 0.338 e. The third-order valence-corrected chi connectivity index (χ3v) is 5.07. The van der Waals surface area contributed by atoms with Crippen LogP contribution in [0.25, 0.3) is 0 Å². The topological polar surface area (TPSA) is 26.3 Å². The highest BCUT2D eigenvalue weighted by Gasteiger charge is 2.26. The zero-order valence-electron chi connectivity index (χ0n) is 9.78. The average molecular weight is 222 g/mol. The van der Waals surface area contributed by atoms with Crippen LogP contribution in [0.4, 0.5) is 0 Å². The van der Waals surface area contributed by atoms with Crippen molar-refractivity contribution in [1.82, 2.24) is 0 Å². The molecule has 1 unspecified atom stereocenters. The molecule has 1 aromatic carbocycles. The van der Waals surface area contributed by atoms with Crippen molar-refractivity contribution in [2.75, 3.05) is 0 Å². The lowest BCUT2D eigenvalue weighted by molar-refractivity contribution is 0.0455. The SMILES string of the molecule is CC(OC(=O)c1ccccc1)[Si](C)(C)C. The molecule has 1 aromatic rings. The summed E-state index contributed by atoms with van der Waals surface area (Å²) in [6.07, 6.45) is 0. The van der Waals surface area contributed by atoms with Gasteiger partial charge in [-0.05, 0) is 19.1 Å². The average Bonchev–Trinajstić information content (AvgIpc) is 2.17. The Balaban J connectivity index is 2.65. The van der Waals surface area contributed by atoms with Gasteiger partial charge in [0.15, 0.2) is 0 Å². The second-order valence-electron chi connectivity index (χ2n) is 4.78. The molecule has 0 aromatic heterocycles. The number of carbonyl (C=O) groups is 1. The normalized spacial score (nSPS) is 13.3. The van der Waals surface area contributed by atoms with Crippen LogP contribution in [0.2, 0.25) is 19.6 Å². The number of ether oxygens (including phenoxy) is 1. The quantitative estimate of drug-likeness (QED) is 0.580. The van der Waals surface area contributed by atoms with Gasteiger partial charge in [-0.1, -0.05) is 37.8 Å². The van der Waals surface area contributed by atoms with Gasteiger partial charge in [0, 0.05) is 0 Å². The molecular formula is C12H18O2Si. The Labute approximate surface area is 92.3 Å². The van der Waals surface area contributed by atoms with E-state index in [0.29, 0.717) is 5.56 Å². The maximum absolute atomic E-state index is 11.7. The highest BCUT2D eigenvalue weighted by atomic mass is 28.3. The first kappa shape index (κ1) is 12.0. The van der Waals surface area contributed by atoms with Crippen molar-refractivity contribution in [3.05, 3.63) is 35.9 Å². The van der Waals surface area contributed by atoms with E-state index in [2.05, 4.69) is 19.6 Å². The summed E-state index contributed by atoms with van der Waals surface area (Å²) in [5.41, 5.74) is 0.674. The molecular weight excluding hydrogens is 204 g/mol. The van der Waals surface area contributed by atoms with Crippen molar-refractivity contribution < 1.29 is 9.53 Å². The fraction of sp³-hybridized carbons (Fsp3) is 0.417. The lowest BCUT2D eigenvalue weighted by Gasteiger charge is -2.24. The molecule has 82 valence electrons. The maximum atomic E-state index is 11.7. The van der Waals surface area contributed by atoms with Gasteiger partial charge >= 0.3 is 5.97 Å². The minimum absolute atomic E-state index is 0.0465. The van der Waals surface area contributed by atoms with Gasteiger partial charge in [0.1, 0.15) is 0 Å². The van der Waals surface area contributed by atoms with Gasteiger partial charge in [0.05, 0.1) is 19.4 Å². The van der Waals surface area contributed by atoms with Gasteiger partial charge in [-0.25, -0.2) is 4.79 Å².